The van der Waals surface area contributed by atoms with Crippen LogP contribution in [0.4, 0.5) is 0 Å². The van der Waals surface area contributed by atoms with Crippen molar-refractivity contribution in [3.8, 4) is 5.75 Å². The maximum Gasteiger partial charge on any atom is 0.122 e. The lowest BCUT2D eigenvalue weighted by Gasteiger charge is -2.35. The molecule has 1 fully saturated rings. The van der Waals surface area contributed by atoms with Crippen LogP contribution in [0.2, 0.25) is 0 Å². The van der Waals surface area contributed by atoms with Gasteiger partial charge in [0.25, 0.3) is 0 Å². The van der Waals surface area contributed by atoms with Gasteiger partial charge in [-0.3, -0.25) is 9.88 Å². The fourth-order valence-electron chi connectivity index (χ4n) is 4.09. The van der Waals surface area contributed by atoms with Crippen LogP contribution in [0.5, 0.6) is 5.75 Å². The zero-order valence-corrected chi connectivity index (χ0v) is 14.9. The number of para-hydroxylation sites is 1. The van der Waals surface area contributed by atoms with Crippen LogP contribution in [0.15, 0.2) is 48.8 Å². The molecule has 2 atom stereocenters. The summed E-state index contributed by atoms with van der Waals surface area (Å²) < 4.78 is 5.85. The Bertz CT molecular complexity index is 683. The van der Waals surface area contributed by atoms with E-state index in [9.17, 15) is 0 Å². The van der Waals surface area contributed by atoms with Crippen molar-refractivity contribution < 1.29 is 4.74 Å². The van der Waals surface area contributed by atoms with Crippen LogP contribution in [-0.4, -0.2) is 41.7 Å². The summed E-state index contributed by atoms with van der Waals surface area (Å²) in [7, 11) is 0. The molecule has 0 radical (unpaired) electrons. The molecule has 1 saturated heterocycles. The number of likely N-dealkylation sites (tertiary alicyclic amines) is 1. The average molecular weight is 337 g/mol. The highest BCUT2D eigenvalue weighted by Gasteiger charge is 2.30. The average Bonchev–Trinajstić information content (AvgIpc) is 3.08. The number of benzene rings is 1. The van der Waals surface area contributed by atoms with Crippen molar-refractivity contribution in [2.75, 3.05) is 19.7 Å². The Morgan fingerprint density at radius 2 is 1.92 bits per heavy atom. The molecule has 1 N–H and O–H groups in total. The molecule has 25 heavy (non-hydrogen) atoms. The summed E-state index contributed by atoms with van der Waals surface area (Å²) in [6, 6.07) is 13.7. The molecule has 0 unspecified atom stereocenters. The summed E-state index contributed by atoms with van der Waals surface area (Å²) in [6.45, 7) is 6.46. The zero-order chi connectivity index (χ0) is 17.1. The quantitative estimate of drug-likeness (QED) is 0.909. The Balaban J connectivity index is 1.27. The largest absolute Gasteiger partial charge is 0.493 e. The van der Waals surface area contributed by atoms with E-state index in [0.717, 1.165) is 32.0 Å². The van der Waals surface area contributed by atoms with Gasteiger partial charge < -0.3 is 10.1 Å². The molecule has 0 bridgehead atoms. The van der Waals surface area contributed by atoms with Gasteiger partial charge in [0.1, 0.15) is 5.75 Å². The van der Waals surface area contributed by atoms with Gasteiger partial charge >= 0.3 is 0 Å². The Kier molecular flexibility index (Phi) is 4.99. The van der Waals surface area contributed by atoms with E-state index >= 15 is 0 Å². The van der Waals surface area contributed by atoms with Gasteiger partial charge in [-0.2, -0.15) is 0 Å². The van der Waals surface area contributed by atoms with Gasteiger partial charge in [0, 0.05) is 42.5 Å². The smallest absolute Gasteiger partial charge is 0.122 e. The number of fused-ring (bicyclic) bond motifs is 1. The zero-order valence-electron chi connectivity index (χ0n) is 14.9. The van der Waals surface area contributed by atoms with Crippen LogP contribution in [0.25, 0.3) is 0 Å². The Labute approximate surface area is 150 Å². The molecule has 2 aliphatic heterocycles. The normalized spacial score (nSPS) is 22.4. The first-order chi connectivity index (χ1) is 12.3. The van der Waals surface area contributed by atoms with Gasteiger partial charge in [0.2, 0.25) is 0 Å². The van der Waals surface area contributed by atoms with E-state index in [1.165, 1.54) is 24.0 Å². The van der Waals surface area contributed by atoms with Crippen molar-refractivity contribution in [2.24, 2.45) is 0 Å². The standard InChI is InChI=1S/C21H27N3O/c1-16(20-15-25-21-5-3-2-4-19(20)21)23-18-8-12-24(13-9-18)14-17-6-10-22-11-7-17/h2-7,10-11,16,18,20,23H,8-9,12-15H2,1H3/t16-,20-/m0/s1. The molecule has 0 aliphatic carbocycles. The molecule has 3 heterocycles. The molecule has 1 aromatic carbocycles. The van der Waals surface area contributed by atoms with E-state index in [4.69, 9.17) is 4.74 Å². The minimum absolute atomic E-state index is 0.445. The highest BCUT2D eigenvalue weighted by atomic mass is 16.5. The van der Waals surface area contributed by atoms with Crippen LogP contribution in [0.1, 0.15) is 36.8 Å². The number of hydrogen-bond donors (Lipinski definition) is 1. The van der Waals surface area contributed by atoms with E-state index in [-0.39, 0.29) is 0 Å². The Morgan fingerprint density at radius 3 is 2.72 bits per heavy atom. The number of hydrogen-bond acceptors (Lipinski definition) is 4. The van der Waals surface area contributed by atoms with Gasteiger partial charge in [-0.05, 0) is 56.6 Å². The SMILES string of the molecule is C[C@H](NC1CCN(Cc2ccncc2)CC1)[C@@H]1COc2ccccc21. The maximum atomic E-state index is 5.85. The van der Waals surface area contributed by atoms with Crippen LogP contribution < -0.4 is 10.1 Å². The fourth-order valence-corrected chi connectivity index (χ4v) is 4.09. The minimum Gasteiger partial charge on any atom is -0.493 e. The molecule has 132 valence electrons. The Hall–Kier alpha value is -1.91. The number of aromatic nitrogens is 1. The highest BCUT2D eigenvalue weighted by molar-refractivity contribution is 5.40. The van der Waals surface area contributed by atoms with Crippen LogP contribution in [0.3, 0.4) is 0 Å². The van der Waals surface area contributed by atoms with Crippen molar-refractivity contribution in [1.29, 1.82) is 0 Å². The first-order valence-corrected chi connectivity index (χ1v) is 9.38. The Morgan fingerprint density at radius 1 is 1.16 bits per heavy atom. The minimum atomic E-state index is 0.445. The second-order valence-corrected chi connectivity index (χ2v) is 7.32. The number of nitrogens with one attached hydrogen (secondary N) is 1. The summed E-state index contributed by atoms with van der Waals surface area (Å²) in [5.74, 6) is 1.53. The molecular formula is C21H27N3O. The molecule has 4 rings (SSSR count). The van der Waals surface area contributed by atoms with Crippen molar-refractivity contribution in [2.45, 2.75) is 44.3 Å². The van der Waals surface area contributed by atoms with E-state index in [1.54, 1.807) is 0 Å². The third-order valence-electron chi connectivity index (χ3n) is 5.58. The summed E-state index contributed by atoms with van der Waals surface area (Å²) in [5.41, 5.74) is 2.71. The lowest BCUT2D eigenvalue weighted by molar-refractivity contribution is 0.179. The van der Waals surface area contributed by atoms with E-state index < -0.39 is 0 Å². The molecule has 4 nitrogen and oxygen atoms in total. The van der Waals surface area contributed by atoms with Crippen molar-refractivity contribution in [3.63, 3.8) is 0 Å². The first kappa shape index (κ1) is 16.6. The second-order valence-electron chi connectivity index (χ2n) is 7.32. The van der Waals surface area contributed by atoms with Crippen molar-refractivity contribution in [1.82, 2.24) is 15.2 Å². The molecule has 2 aromatic rings. The topological polar surface area (TPSA) is 37.4 Å². The third-order valence-corrected chi connectivity index (χ3v) is 5.58. The molecule has 2 aliphatic rings. The lowest BCUT2D eigenvalue weighted by atomic mass is 9.93. The second kappa shape index (κ2) is 7.54. The molecule has 1 aromatic heterocycles. The highest BCUT2D eigenvalue weighted by Crippen LogP contribution is 2.35. The van der Waals surface area contributed by atoms with E-state index in [1.807, 2.05) is 12.4 Å². The van der Waals surface area contributed by atoms with Gasteiger partial charge in [-0.15, -0.1) is 0 Å². The van der Waals surface area contributed by atoms with Crippen LogP contribution in [-0.2, 0) is 6.54 Å². The van der Waals surface area contributed by atoms with Gasteiger partial charge in [0.05, 0.1) is 6.61 Å². The number of pyridine rings is 1. The van der Waals surface area contributed by atoms with Crippen molar-refractivity contribution in [3.05, 3.63) is 59.9 Å². The molecular weight excluding hydrogens is 310 g/mol. The number of nitrogens with zero attached hydrogens (tertiary/aromatic N) is 2. The third kappa shape index (κ3) is 3.86. The van der Waals surface area contributed by atoms with Gasteiger partial charge in [0.15, 0.2) is 0 Å². The van der Waals surface area contributed by atoms with Crippen molar-refractivity contribution >= 4 is 0 Å². The molecule has 0 spiro atoms. The van der Waals surface area contributed by atoms with Crippen LogP contribution in [0, 0.1) is 0 Å². The summed E-state index contributed by atoms with van der Waals surface area (Å²) in [5, 5.41) is 3.87. The number of ether oxygens (including phenoxy) is 1. The van der Waals surface area contributed by atoms with E-state index in [2.05, 4.69) is 58.5 Å². The molecule has 4 heteroatoms. The predicted molar refractivity (Wildman–Crippen MR) is 99.8 cm³/mol. The van der Waals surface area contributed by atoms with Gasteiger partial charge in [-0.1, -0.05) is 18.2 Å². The molecule has 0 amide bonds. The van der Waals surface area contributed by atoms with E-state index in [0.29, 0.717) is 18.0 Å². The maximum absolute atomic E-state index is 5.85. The first-order valence-electron chi connectivity index (χ1n) is 9.38. The summed E-state index contributed by atoms with van der Waals surface area (Å²) in [4.78, 5) is 6.65. The predicted octanol–water partition coefficient (Wildman–Crippen LogP) is 3.20. The summed E-state index contributed by atoms with van der Waals surface area (Å²) >= 11 is 0. The number of rotatable bonds is 5. The molecule has 0 saturated carbocycles. The summed E-state index contributed by atoms with van der Waals surface area (Å²) in [6.07, 6.45) is 6.19. The monoisotopic (exact) mass is 337 g/mol. The van der Waals surface area contributed by atoms with Gasteiger partial charge in [-0.25, -0.2) is 0 Å². The van der Waals surface area contributed by atoms with Crippen LogP contribution >= 0.6 is 0 Å². The number of piperidine rings is 1. The lowest BCUT2D eigenvalue weighted by Crippen LogP contribution is -2.47. The fraction of sp³-hybridized carbons (Fsp3) is 0.476.